The predicted molar refractivity (Wildman–Crippen MR) is 57.4 cm³/mol. The van der Waals surface area contributed by atoms with Gasteiger partial charge in [0.1, 0.15) is 0 Å². The van der Waals surface area contributed by atoms with Crippen LogP contribution in [0, 0.1) is 5.92 Å². The van der Waals surface area contributed by atoms with E-state index in [9.17, 15) is 13.2 Å². The van der Waals surface area contributed by atoms with Crippen molar-refractivity contribution in [3.05, 3.63) is 29.8 Å². The molecule has 1 nitrogen and oxygen atoms in total. The monoisotopic (exact) mass is 229 g/mol. The van der Waals surface area contributed by atoms with Crippen LogP contribution in [0.5, 0.6) is 0 Å². The summed E-state index contributed by atoms with van der Waals surface area (Å²) in [6, 6.07) is 5.80. The third-order valence-electron chi connectivity index (χ3n) is 2.97. The summed E-state index contributed by atoms with van der Waals surface area (Å²) < 4.78 is 38.3. The van der Waals surface area contributed by atoms with Gasteiger partial charge in [-0.1, -0.05) is 19.1 Å². The highest BCUT2D eigenvalue weighted by Gasteiger charge is 2.35. The molecule has 88 valence electrons. The van der Waals surface area contributed by atoms with E-state index in [4.69, 9.17) is 0 Å². The molecule has 0 aromatic heterocycles. The van der Waals surface area contributed by atoms with E-state index < -0.39 is 11.7 Å². The average Bonchev–Trinajstić information content (AvgIpc) is 2.64. The van der Waals surface area contributed by atoms with Crippen molar-refractivity contribution in [1.82, 2.24) is 0 Å². The molecule has 1 aliphatic heterocycles. The first kappa shape index (κ1) is 11.3. The summed E-state index contributed by atoms with van der Waals surface area (Å²) in [5.74, 6) is 0.473. The molecular formula is C12H14F3N. The van der Waals surface area contributed by atoms with E-state index in [1.807, 2.05) is 4.90 Å². The van der Waals surface area contributed by atoms with Gasteiger partial charge in [-0.3, -0.25) is 0 Å². The second-order valence-corrected chi connectivity index (χ2v) is 4.35. The topological polar surface area (TPSA) is 3.24 Å². The van der Waals surface area contributed by atoms with Gasteiger partial charge in [0.2, 0.25) is 0 Å². The van der Waals surface area contributed by atoms with Gasteiger partial charge in [0.05, 0.1) is 5.56 Å². The van der Waals surface area contributed by atoms with Crippen molar-refractivity contribution in [3.63, 3.8) is 0 Å². The fraction of sp³-hybridized carbons (Fsp3) is 0.500. The zero-order chi connectivity index (χ0) is 11.8. The minimum Gasteiger partial charge on any atom is -0.371 e. The van der Waals surface area contributed by atoms with Crippen LogP contribution in [-0.4, -0.2) is 13.1 Å². The average molecular weight is 229 g/mol. The van der Waals surface area contributed by atoms with Gasteiger partial charge >= 0.3 is 6.18 Å². The van der Waals surface area contributed by atoms with Crippen molar-refractivity contribution in [3.8, 4) is 0 Å². The number of anilines is 1. The Hall–Kier alpha value is -1.19. The Morgan fingerprint density at radius 1 is 1.25 bits per heavy atom. The van der Waals surface area contributed by atoms with Gasteiger partial charge in [-0.25, -0.2) is 0 Å². The summed E-state index contributed by atoms with van der Waals surface area (Å²) in [7, 11) is 0. The highest BCUT2D eigenvalue weighted by molar-refractivity contribution is 5.55. The Balaban J connectivity index is 2.34. The normalized spacial score (nSPS) is 21.5. The van der Waals surface area contributed by atoms with Crippen molar-refractivity contribution in [2.75, 3.05) is 18.0 Å². The van der Waals surface area contributed by atoms with Crippen LogP contribution in [0.1, 0.15) is 18.9 Å². The molecule has 1 aromatic carbocycles. The Morgan fingerprint density at radius 3 is 2.50 bits per heavy atom. The molecule has 1 atom stereocenters. The number of halogens is 3. The van der Waals surface area contributed by atoms with Gasteiger partial charge in [-0.2, -0.15) is 13.2 Å². The molecular weight excluding hydrogens is 215 g/mol. The highest BCUT2D eigenvalue weighted by atomic mass is 19.4. The smallest absolute Gasteiger partial charge is 0.371 e. The second-order valence-electron chi connectivity index (χ2n) is 4.35. The second kappa shape index (κ2) is 4.00. The number of hydrogen-bond donors (Lipinski definition) is 0. The third kappa shape index (κ3) is 2.15. The number of para-hydroxylation sites is 1. The Labute approximate surface area is 92.9 Å². The zero-order valence-electron chi connectivity index (χ0n) is 9.09. The van der Waals surface area contributed by atoms with Crippen LogP contribution in [0.4, 0.5) is 18.9 Å². The zero-order valence-corrected chi connectivity index (χ0v) is 9.09. The minimum atomic E-state index is -4.26. The first-order valence-electron chi connectivity index (χ1n) is 5.39. The lowest BCUT2D eigenvalue weighted by Gasteiger charge is -2.22. The Bertz CT molecular complexity index is 373. The van der Waals surface area contributed by atoms with Crippen molar-refractivity contribution < 1.29 is 13.2 Å². The Morgan fingerprint density at radius 2 is 1.94 bits per heavy atom. The number of rotatable bonds is 1. The lowest BCUT2D eigenvalue weighted by atomic mass is 10.1. The SMILES string of the molecule is C[C@@H]1CCN(c2ccccc2C(F)(F)F)C1. The molecule has 0 unspecified atom stereocenters. The fourth-order valence-corrected chi connectivity index (χ4v) is 2.14. The van der Waals surface area contributed by atoms with Gasteiger partial charge in [0.15, 0.2) is 0 Å². The molecule has 1 saturated heterocycles. The summed E-state index contributed by atoms with van der Waals surface area (Å²) >= 11 is 0. The number of hydrogen-bond acceptors (Lipinski definition) is 1. The summed E-state index contributed by atoms with van der Waals surface area (Å²) in [5, 5.41) is 0. The molecule has 16 heavy (non-hydrogen) atoms. The molecule has 0 spiro atoms. The van der Waals surface area contributed by atoms with Gasteiger partial charge < -0.3 is 4.90 Å². The van der Waals surface area contributed by atoms with Crippen molar-refractivity contribution in [1.29, 1.82) is 0 Å². The summed E-state index contributed by atoms with van der Waals surface area (Å²) in [6.45, 7) is 3.50. The van der Waals surface area contributed by atoms with Crippen molar-refractivity contribution in [2.45, 2.75) is 19.5 Å². The molecule has 2 rings (SSSR count). The molecule has 0 N–H and O–H groups in total. The van der Waals surface area contributed by atoms with E-state index in [0.29, 0.717) is 24.7 Å². The van der Waals surface area contributed by atoms with Crippen LogP contribution in [0.2, 0.25) is 0 Å². The summed E-state index contributed by atoms with van der Waals surface area (Å²) in [6.07, 6.45) is -3.30. The first-order valence-corrected chi connectivity index (χ1v) is 5.39. The van der Waals surface area contributed by atoms with Gasteiger partial charge in [0.25, 0.3) is 0 Å². The molecule has 4 heteroatoms. The van der Waals surface area contributed by atoms with Crippen molar-refractivity contribution >= 4 is 5.69 Å². The number of nitrogens with zero attached hydrogens (tertiary/aromatic N) is 1. The quantitative estimate of drug-likeness (QED) is 0.711. The molecule has 0 saturated carbocycles. The van der Waals surface area contributed by atoms with Crippen LogP contribution >= 0.6 is 0 Å². The van der Waals surface area contributed by atoms with E-state index in [0.717, 1.165) is 12.5 Å². The Kier molecular flexibility index (Phi) is 2.82. The molecule has 1 aromatic rings. The lowest BCUT2D eigenvalue weighted by Crippen LogP contribution is -2.22. The van der Waals surface area contributed by atoms with E-state index in [-0.39, 0.29) is 0 Å². The highest BCUT2D eigenvalue weighted by Crippen LogP contribution is 2.37. The van der Waals surface area contributed by atoms with E-state index in [2.05, 4.69) is 6.92 Å². The minimum absolute atomic E-state index is 0.319. The third-order valence-corrected chi connectivity index (χ3v) is 2.97. The van der Waals surface area contributed by atoms with E-state index in [1.165, 1.54) is 6.07 Å². The van der Waals surface area contributed by atoms with Gasteiger partial charge in [-0.15, -0.1) is 0 Å². The molecule has 0 amide bonds. The van der Waals surface area contributed by atoms with Crippen LogP contribution < -0.4 is 4.90 Å². The molecule has 1 aliphatic rings. The van der Waals surface area contributed by atoms with E-state index in [1.54, 1.807) is 12.1 Å². The van der Waals surface area contributed by atoms with Crippen LogP contribution in [-0.2, 0) is 6.18 Å². The largest absolute Gasteiger partial charge is 0.418 e. The maximum atomic E-state index is 12.8. The van der Waals surface area contributed by atoms with Gasteiger partial charge in [0, 0.05) is 18.8 Å². The van der Waals surface area contributed by atoms with Crippen LogP contribution in [0.3, 0.4) is 0 Å². The van der Waals surface area contributed by atoms with Crippen molar-refractivity contribution in [2.24, 2.45) is 5.92 Å². The molecule has 1 heterocycles. The van der Waals surface area contributed by atoms with Gasteiger partial charge in [-0.05, 0) is 24.5 Å². The van der Waals surface area contributed by atoms with E-state index >= 15 is 0 Å². The number of alkyl halides is 3. The summed E-state index contributed by atoms with van der Waals surface area (Å²) in [5.41, 5.74) is -0.205. The maximum Gasteiger partial charge on any atom is 0.418 e. The lowest BCUT2D eigenvalue weighted by molar-refractivity contribution is -0.137. The van der Waals surface area contributed by atoms with Crippen LogP contribution in [0.25, 0.3) is 0 Å². The standard InChI is InChI=1S/C12H14F3N/c1-9-6-7-16(8-9)11-5-3-2-4-10(11)12(13,14)15/h2-5,9H,6-8H2,1H3/t9-/m1/s1. The fourth-order valence-electron chi connectivity index (χ4n) is 2.14. The predicted octanol–water partition coefficient (Wildman–Crippen LogP) is 3.55. The maximum absolute atomic E-state index is 12.8. The molecule has 0 radical (unpaired) electrons. The van der Waals surface area contributed by atoms with Crippen LogP contribution in [0.15, 0.2) is 24.3 Å². The first-order chi connectivity index (χ1) is 7.48. The molecule has 1 fully saturated rings. The summed E-state index contributed by atoms with van der Waals surface area (Å²) in [4.78, 5) is 1.83. The molecule has 0 bridgehead atoms. The molecule has 0 aliphatic carbocycles. The number of benzene rings is 1.